The maximum absolute atomic E-state index is 5.89. The molecule has 1 N–H and O–H groups in total. The van der Waals surface area contributed by atoms with Gasteiger partial charge in [-0.2, -0.15) is 0 Å². The van der Waals surface area contributed by atoms with Crippen molar-refractivity contribution in [1.82, 2.24) is 9.47 Å². The first kappa shape index (κ1) is 19.5. The highest BCUT2D eigenvalue weighted by Crippen LogP contribution is 2.34. The Morgan fingerprint density at radius 1 is 1.07 bits per heavy atom. The van der Waals surface area contributed by atoms with E-state index in [0.29, 0.717) is 6.61 Å². The van der Waals surface area contributed by atoms with Crippen LogP contribution in [-0.2, 0) is 6.54 Å². The lowest BCUT2D eigenvalue weighted by atomic mass is 10.00. The van der Waals surface area contributed by atoms with E-state index in [1.165, 1.54) is 22.4 Å². The summed E-state index contributed by atoms with van der Waals surface area (Å²) < 4.78 is 7.94. The standard InChI is InChI=1S/C24H27N3OS/c1-4-28-20-12-10-19(11-13-20)23-22-9-6-14-26(22)15-16-27(23)24(29)25-21-8-5-7-17(2)18(21)3/h5-14,23H,4,15-16H2,1-3H3,(H,25,29)/t23-/m0/s1. The molecule has 1 aromatic heterocycles. The molecule has 0 unspecified atom stereocenters. The van der Waals surface area contributed by atoms with Crippen molar-refractivity contribution in [2.75, 3.05) is 18.5 Å². The molecule has 1 aliphatic heterocycles. The lowest BCUT2D eigenvalue weighted by Gasteiger charge is -2.39. The molecule has 2 heterocycles. The smallest absolute Gasteiger partial charge is 0.174 e. The molecule has 0 aliphatic carbocycles. The number of thiocarbonyl (C=S) groups is 1. The third-order valence-corrected chi connectivity index (χ3v) is 5.99. The van der Waals surface area contributed by atoms with E-state index in [0.717, 1.165) is 29.6 Å². The van der Waals surface area contributed by atoms with Crippen LogP contribution in [0.3, 0.4) is 0 Å². The minimum Gasteiger partial charge on any atom is -0.494 e. The second-order valence-corrected chi connectivity index (χ2v) is 7.79. The Balaban J connectivity index is 1.66. The normalized spacial score (nSPS) is 15.7. The van der Waals surface area contributed by atoms with Crippen molar-refractivity contribution >= 4 is 23.0 Å². The fourth-order valence-electron chi connectivity index (χ4n) is 3.94. The minimum atomic E-state index is 0.0690. The summed E-state index contributed by atoms with van der Waals surface area (Å²) in [5, 5.41) is 4.25. The number of rotatable bonds is 4. The van der Waals surface area contributed by atoms with Crippen LogP contribution < -0.4 is 10.1 Å². The number of hydrogen-bond acceptors (Lipinski definition) is 2. The van der Waals surface area contributed by atoms with E-state index in [2.05, 4.69) is 77.3 Å². The van der Waals surface area contributed by atoms with Gasteiger partial charge in [0.1, 0.15) is 5.75 Å². The monoisotopic (exact) mass is 405 g/mol. The zero-order valence-corrected chi connectivity index (χ0v) is 18.0. The molecule has 0 radical (unpaired) electrons. The van der Waals surface area contributed by atoms with Gasteiger partial charge in [0.25, 0.3) is 0 Å². The van der Waals surface area contributed by atoms with Crippen molar-refractivity contribution in [2.45, 2.75) is 33.4 Å². The van der Waals surface area contributed by atoms with Gasteiger partial charge in [-0.3, -0.25) is 0 Å². The number of benzene rings is 2. The van der Waals surface area contributed by atoms with Gasteiger partial charge in [-0.25, -0.2) is 0 Å². The summed E-state index contributed by atoms with van der Waals surface area (Å²) >= 11 is 5.89. The molecular weight excluding hydrogens is 378 g/mol. The molecular formula is C24H27N3OS. The quantitative estimate of drug-likeness (QED) is 0.596. The average Bonchev–Trinajstić information content (AvgIpc) is 3.20. The molecule has 5 heteroatoms. The lowest BCUT2D eigenvalue weighted by molar-refractivity contribution is 0.293. The summed E-state index contributed by atoms with van der Waals surface area (Å²) in [6.45, 7) is 8.70. The Morgan fingerprint density at radius 2 is 1.86 bits per heavy atom. The second kappa shape index (κ2) is 8.29. The highest BCUT2D eigenvalue weighted by molar-refractivity contribution is 7.80. The molecule has 29 heavy (non-hydrogen) atoms. The summed E-state index contributed by atoms with van der Waals surface area (Å²) in [5.74, 6) is 0.894. The van der Waals surface area contributed by atoms with Crippen molar-refractivity contribution in [2.24, 2.45) is 0 Å². The molecule has 0 saturated carbocycles. The fraction of sp³-hybridized carbons (Fsp3) is 0.292. The molecule has 0 amide bonds. The predicted octanol–water partition coefficient (Wildman–Crippen LogP) is 5.31. The van der Waals surface area contributed by atoms with E-state index >= 15 is 0 Å². The highest BCUT2D eigenvalue weighted by Gasteiger charge is 2.30. The molecule has 4 rings (SSSR count). The number of nitrogens with one attached hydrogen (secondary N) is 1. The molecule has 1 aliphatic rings. The number of anilines is 1. The van der Waals surface area contributed by atoms with Gasteiger partial charge in [-0.1, -0.05) is 24.3 Å². The van der Waals surface area contributed by atoms with Crippen LogP contribution in [0.1, 0.15) is 35.3 Å². The molecule has 3 aromatic rings. The molecule has 0 bridgehead atoms. The van der Waals surface area contributed by atoms with Crippen LogP contribution in [0, 0.1) is 13.8 Å². The number of aromatic nitrogens is 1. The summed E-state index contributed by atoms with van der Waals surface area (Å²) in [6, 6.07) is 19.0. The Bertz CT molecular complexity index is 1010. The maximum atomic E-state index is 5.89. The molecule has 0 spiro atoms. The lowest BCUT2D eigenvalue weighted by Crippen LogP contribution is -2.44. The van der Waals surface area contributed by atoms with Crippen molar-refractivity contribution in [3.63, 3.8) is 0 Å². The first-order chi connectivity index (χ1) is 14.1. The predicted molar refractivity (Wildman–Crippen MR) is 123 cm³/mol. The first-order valence-electron chi connectivity index (χ1n) is 10.1. The minimum absolute atomic E-state index is 0.0690. The van der Waals surface area contributed by atoms with Gasteiger partial charge in [-0.15, -0.1) is 0 Å². The fourth-order valence-corrected chi connectivity index (χ4v) is 4.25. The van der Waals surface area contributed by atoms with Gasteiger partial charge in [0.15, 0.2) is 5.11 Å². The van der Waals surface area contributed by atoms with Gasteiger partial charge < -0.3 is 19.5 Å². The number of aryl methyl sites for hydroxylation is 1. The molecule has 0 saturated heterocycles. The Labute approximate surface area is 178 Å². The van der Waals surface area contributed by atoms with Crippen LogP contribution in [-0.4, -0.2) is 27.7 Å². The number of fused-ring (bicyclic) bond motifs is 1. The van der Waals surface area contributed by atoms with E-state index in [1.807, 2.05) is 19.1 Å². The van der Waals surface area contributed by atoms with Crippen LogP contribution in [0.15, 0.2) is 60.8 Å². The van der Waals surface area contributed by atoms with Crippen LogP contribution in [0.5, 0.6) is 5.75 Å². The first-order valence-corrected chi connectivity index (χ1v) is 10.5. The van der Waals surface area contributed by atoms with E-state index < -0.39 is 0 Å². The summed E-state index contributed by atoms with van der Waals surface area (Å²) in [4.78, 5) is 2.29. The topological polar surface area (TPSA) is 29.4 Å². The zero-order chi connectivity index (χ0) is 20.4. The van der Waals surface area contributed by atoms with Gasteiger partial charge in [0, 0.05) is 30.7 Å². The maximum Gasteiger partial charge on any atom is 0.174 e. The third-order valence-electron chi connectivity index (χ3n) is 5.65. The van der Waals surface area contributed by atoms with Crippen molar-refractivity contribution in [1.29, 1.82) is 0 Å². The van der Waals surface area contributed by atoms with Gasteiger partial charge in [0.2, 0.25) is 0 Å². The molecule has 4 nitrogen and oxygen atoms in total. The van der Waals surface area contributed by atoms with E-state index in [1.54, 1.807) is 0 Å². The second-order valence-electron chi connectivity index (χ2n) is 7.40. The van der Waals surface area contributed by atoms with Gasteiger partial charge >= 0.3 is 0 Å². The largest absolute Gasteiger partial charge is 0.494 e. The van der Waals surface area contributed by atoms with Crippen LogP contribution in [0.25, 0.3) is 0 Å². The van der Waals surface area contributed by atoms with E-state index in [4.69, 9.17) is 17.0 Å². The number of ether oxygens (including phenoxy) is 1. The Kier molecular flexibility index (Phi) is 5.58. The average molecular weight is 406 g/mol. The SMILES string of the molecule is CCOc1ccc([C@H]2c3cccn3CCN2C(=S)Nc2cccc(C)c2C)cc1. The third kappa shape index (κ3) is 3.87. The Hall–Kier alpha value is -2.79. The molecule has 150 valence electrons. The number of nitrogens with zero attached hydrogens (tertiary/aromatic N) is 2. The number of hydrogen-bond donors (Lipinski definition) is 1. The van der Waals surface area contributed by atoms with Gasteiger partial charge in [-0.05, 0) is 80.0 Å². The molecule has 0 fully saturated rings. The van der Waals surface area contributed by atoms with Crippen LogP contribution in [0.2, 0.25) is 0 Å². The van der Waals surface area contributed by atoms with E-state index in [9.17, 15) is 0 Å². The summed E-state index contributed by atoms with van der Waals surface area (Å²) in [6.07, 6.45) is 2.15. The van der Waals surface area contributed by atoms with Crippen molar-refractivity contribution < 1.29 is 4.74 Å². The van der Waals surface area contributed by atoms with Crippen molar-refractivity contribution in [3.8, 4) is 5.75 Å². The van der Waals surface area contributed by atoms with Crippen LogP contribution >= 0.6 is 12.2 Å². The van der Waals surface area contributed by atoms with E-state index in [-0.39, 0.29) is 6.04 Å². The van der Waals surface area contributed by atoms with Crippen molar-refractivity contribution in [3.05, 3.63) is 83.2 Å². The van der Waals surface area contributed by atoms with Crippen LogP contribution in [0.4, 0.5) is 5.69 Å². The summed E-state index contributed by atoms with van der Waals surface area (Å²) in [7, 11) is 0. The highest BCUT2D eigenvalue weighted by atomic mass is 32.1. The molecule has 1 atom stereocenters. The zero-order valence-electron chi connectivity index (χ0n) is 17.2. The van der Waals surface area contributed by atoms with Gasteiger partial charge in [0.05, 0.1) is 12.6 Å². The summed E-state index contributed by atoms with van der Waals surface area (Å²) in [5.41, 5.74) is 6.02. The molecule has 2 aromatic carbocycles. The Morgan fingerprint density at radius 3 is 2.62 bits per heavy atom.